The summed E-state index contributed by atoms with van der Waals surface area (Å²) in [6.45, 7) is 5.27. The Kier molecular flexibility index (Phi) is 5.39. The molecule has 0 aliphatic heterocycles. The summed E-state index contributed by atoms with van der Waals surface area (Å²) in [6, 6.07) is 6.89. The molecular weight excluding hydrogens is 308 g/mol. The lowest BCUT2D eigenvalue weighted by molar-refractivity contribution is -0.143. The predicted molar refractivity (Wildman–Crippen MR) is 90.6 cm³/mol. The predicted octanol–water partition coefficient (Wildman–Crippen LogP) is 2.84. The van der Waals surface area contributed by atoms with E-state index in [1.165, 1.54) is 7.11 Å². The van der Waals surface area contributed by atoms with Crippen LogP contribution in [0.2, 0.25) is 0 Å². The van der Waals surface area contributed by atoms with Crippen LogP contribution >= 0.6 is 0 Å². The Labute approximate surface area is 141 Å². The van der Waals surface area contributed by atoms with E-state index in [1.54, 1.807) is 33.2 Å². The first-order chi connectivity index (χ1) is 11.3. The molecule has 0 aliphatic carbocycles. The molecule has 128 valence electrons. The van der Waals surface area contributed by atoms with E-state index in [9.17, 15) is 9.59 Å². The second kappa shape index (κ2) is 7.29. The van der Waals surface area contributed by atoms with Crippen molar-refractivity contribution >= 4 is 22.8 Å². The molecule has 0 spiro atoms. The Morgan fingerprint density at radius 2 is 1.92 bits per heavy atom. The van der Waals surface area contributed by atoms with Crippen molar-refractivity contribution in [2.45, 2.75) is 38.8 Å². The number of fused-ring (bicyclic) bond motifs is 1. The molecule has 2 aromatic rings. The van der Waals surface area contributed by atoms with Crippen molar-refractivity contribution in [3.8, 4) is 0 Å². The Morgan fingerprint density at radius 3 is 2.58 bits per heavy atom. The summed E-state index contributed by atoms with van der Waals surface area (Å²) in [5.74, 6) is -0.534. The molecule has 6 heteroatoms. The first-order valence-electron chi connectivity index (χ1n) is 7.69. The fraction of sp³-hybridized carbons (Fsp3) is 0.389. The number of methoxy groups -OCH3 is 1. The van der Waals surface area contributed by atoms with Crippen molar-refractivity contribution in [2.24, 2.45) is 0 Å². The van der Waals surface area contributed by atoms with Gasteiger partial charge in [-0.2, -0.15) is 0 Å². The van der Waals surface area contributed by atoms with Crippen LogP contribution in [-0.4, -0.2) is 35.8 Å². The molecule has 1 aromatic carbocycles. The van der Waals surface area contributed by atoms with E-state index in [1.807, 2.05) is 24.3 Å². The number of carbonyl (C=O) groups excluding carboxylic acids is 2. The SMILES string of the molecule is COC(=O)[C@H](Cc1cncc2ccccc12)NC(=O)OC(C)(C)C. The van der Waals surface area contributed by atoms with Gasteiger partial charge in [0.25, 0.3) is 0 Å². The Balaban J connectivity index is 2.22. The smallest absolute Gasteiger partial charge is 0.408 e. The van der Waals surface area contributed by atoms with Crippen LogP contribution in [0.4, 0.5) is 4.79 Å². The number of esters is 1. The van der Waals surface area contributed by atoms with E-state index in [4.69, 9.17) is 9.47 Å². The highest BCUT2D eigenvalue weighted by atomic mass is 16.6. The van der Waals surface area contributed by atoms with Gasteiger partial charge in [0.2, 0.25) is 0 Å². The molecule has 1 heterocycles. The monoisotopic (exact) mass is 330 g/mol. The number of amides is 1. The van der Waals surface area contributed by atoms with E-state index in [0.717, 1.165) is 16.3 Å². The van der Waals surface area contributed by atoms with Gasteiger partial charge in [-0.25, -0.2) is 9.59 Å². The second-order valence-corrected chi connectivity index (χ2v) is 6.45. The number of nitrogens with one attached hydrogen (secondary N) is 1. The van der Waals surface area contributed by atoms with Crippen LogP contribution in [0.25, 0.3) is 10.8 Å². The summed E-state index contributed by atoms with van der Waals surface area (Å²) in [6.07, 6.45) is 3.05. The number of carbonyl (C=O) groups is 2. The zero-order valence-corrected chi connectivity index (χ0v) is 14.3. The highest BCUT2D eigenvalue weighted by molar-refractivity contribution is 5.86. The topological polar surface area (TPSA) is 77.5 Å². The zero-order valence-electron chi connectivity index (χ0n) is 14.3. The van der Waals surface area contributed by atoms with E-state index in [2.05, 4.69) is 10.3 Å². The third-order valence-corrected chi connectivity index (χ3v) is 3.35. The van der Waals surface area contributed by atoms with Crippen molar-refractivity contribution in [2.75, 3.05) is 7.11 Å². The molecule has 1 amide bonds. The van der Waals surface area contributed by atoms with E-state index in [0.29, 0.717) is 0 Å². The van der Waals surface area contributed by atoms with E-state index >= 15 is 0 Å². The Hall–Kier alpha value is -2.63. The summed E-state index contributed by atoms with van der Waals surface area (Å²) in [4.78, 5) is 28.2. The van der Waals surface area contributed by atoms with Crippen molar-refractivity contribution in [1.82, 2.24) is 10.3 Å². The summed E-state index contributed by atoms with van der Waals surface area (Å²) in [5, 5.41) is 4.52. The summed E-state index contributed by atoms with van der Waals surface area (Å²) >= 11 is 0. The third kappa shape index (κ3) is 4.68. The number of aromatic nitrogens is 1. The molecule has 6 nitrogen and oxygen atoms in total. The molecule has 0 radical (unpaired) electrons. The largest absolute Gasteiger partial charge is 0.467 e. The Morgan fingerprint density at radius 1 is 1.21 bits per heavy atom. The molecule has 0 bridgehead atoms. The highest BCUT2D eigenvalue weighted by Gasteiger charge is 2.25. The number of benzene rings is 1. The molecule has 0 saturated carbocycles. The molecule has 0 saturated heterocycles. The number of ether oxygens (including phenoxy) is 2. The van der Waals surface area contributed by atoms with Crippen molar-refractivity contribution < 1.29 is 19.1 Å². The van der Waals surface area contributed by atoms with Crippen molar-refractivity contribution in [1.29, 1.82) is 0 Å². The molecular formula is C18H22N2O4. The van der Waals surface area contributed by atoms with E-state index < -0.39 is 23.7 Å². The summed E-state index contributed by atoms with van der Waals surface area (Å²) in [5.41, 5.74) is 0.200. The molecule has 0 unspecified atom stereocenters. The van der Waals surface area contributed by atoms with Crippen LogP contribution in [0.5, 0.6) is 0 Å². The summed E-state index contributed by atoms with van der Waals surface area (Å²) < 4.78 is 10.0. The minimum Gasteiger partial charge on any atom is -0.467 e. The molecule has 0 fully saturated rings. The normalized spacial score (nSPS) is 12.5. The minimum atomic E-state index is -0.850. The molecule has 24 heavy (non-hydrogen) atoms. The maximum absolute atomic E-state index is 12.0. The average molecular weight is 330 g/mol. The van der Waals surface area contributed by atoms with Crippen LogP contribution in [-0.2, 0) is 20.7 Å². The van der Waals surface area contributed by atoms with Crippen molar-refractivity contribution in [3.05, 3.63) is 42.2 Å². The lowest BCUT2D eigenvalue weighted by Crippen LogP contribution is -2.45. The molecule has 1 aromatic heterocycles. The number of nitrogens with zero attached hydrogens (tertiary/aromatic N) is 1. The standard InChI is InChI=1S/C18H22N2O4/c1-18(2,3)24-17(22)20-15(16(21)23-4)9-13-11-19-10-12-7-5-6-8-14(12)13/h5-8,10-11,15H,9H2,1-4H3,(H,20,22)/t15-/m0/s1. The third-order valence-electron chi connectivity index (χ3n) is 3.35. The second-order valence-electron chi connectivity index (χ2n) is 6.45. The van der Waals surface area contributed by atoms with Crippen LogP contribution < -0.4 is 5.32 Å². The van der Waals surface area contributed by atoms with Gasteiger partial charge in [0, 0.05) is 24.2 Å². The van der Waals surface area contributed by atoms with Crippen LogP contribution in [0.15, 0.2) is 36.7 Å². The zero-order chi connectivity index (χ0) is 17.7. The fourth-order valence-corrected chi connectivity index (χ4v) is 2.35. The molecule has 1 N–H and O–H groups in total. The molecule has 2 rings (SSSR count). The van der Waals surface area contributed by atoms with Gasteiger partial charge in [0.15, 0.2) is 0 Å². The van der Waals surface area contributed by atoms with Gasteiger partial charge in [-0.1, -0.05) is 24.3 Å². The number of hydrogen-bond acceptors (Lipinski definition) is 5. The minimum absolute atomic E-state index is 0.264. The van der Waals surface area contributed by atoms with Crippen molar-refractivity contribution in [3.63, 3.8) is 0 Å². The first-order valence-corrected chi connectivity index (χ1v) is 7.69. The quantitative estimate of drug-likeness (QED) is 0.872. The maximum atomic E-state index is 12.0. The van der Waals surface area contributed by atoms with Gasteiger partial charge in [-0.15, -0.1) is 0 Å². The van der Waals surface area contributed by atoms with Gasteiger partial charge in [0.1, 0.15) is 11.6 Å². The molecule has 0 aliphatic rings. The average Bonchev–Trinajstić information content (AvgIpc) is 2.52. The van der Waals surface area contributed by atoms with Gasteiger partial charge >= 0.3 is 12.1 Å². The lowest BCUT2D eigenvalue weighted by atomic mass is 10.0. The number of hydrogen-bond donors (Lipinski definition) is 1. The number of rotatable bonds is 4. The maximum Gasteiger partial charge on any atom is 0.408 e. The van der Waals surface area contributed by atoms with Gasteiger partial charge in [0.05, 0.1) is 7.11 Å². The fourth-order valence-electron chi connectivity index (χ4n) is 2.35. The lowest BCUT2D eigenvalue weighted by Gasteiger charge is -2.22. The van der Waals surface area contributed by atoms with Gasteiger partial charge < -0.3 is 14.8 Å². The van der Waals surface area contributed by atoms with E-state index in [-0.39, 0.29) is 6.42 Å². The molecule has 1 atom stereocenters. The Bertz CT molecular complexity index is 732. The van der Waals surface area contributed by atoms with Crippen LogP contribution in [0, 0.1) is 0 Å². The number of pyridine rings is 1. The van der Waals surface area contributed by atoms with Gasteiger partial charge in [-0.3, -0.25) is 4.98 Å². The highest BCUT2D eigenvalue weighted by Crippen LogP contribution is 2.19. The van der Waals surface area contributed by atoms with Crippen LogP contribution in [0.1, 0.15) is 26.3 Å². The number of alkyl carbamates (subject to hydrolysis) is 1. The first kappa shape index (κ1) is 17.7. The summed E-state index contributed by atoms with van der Waals surface area (Å²) in [7, 11) is 1.29. The van der Waals surface area contributed by atoms with Gasteiger partial charge in [-0.05, 0) is 31.7 Å². The van der Waals surface area contributed by atoms with Crippen LogP contribution in [0.3, 0.4) is 0 Å².